The van der Waals surface area contributed by atoms with Crippen molar-refractivity contribution in [3.05, 3.63) is 93.1 Å². The average molecular weight is 548 g/mol. The number of amides is 1. The Kier molecular flexibility index (Phi) is 7.91. The van der Waals surface area contributed by atoms with Gasteiger partial charge in [0.25, 0.3) is 5.91 Å². The molecule has 1 heterocycles. The lowest BCUT2D eigenvalue weighted by Gasteiger charge is -2.26. The molecule has 4 aromatic rings. The van der Waals surface area contributed by atoms with Crippen molar-refractivity contribution in [2.75, 3.05) is 0 Å². The normalized spacial score (nSPS) is 14.7. The number of benzene rings is 3. The van der Waals surface area contributed by atoms with E-state index >= 15 is 0 Å². The zero-order valence-electron chi connectivity index (χ0n) is 20.7. The van der Waals surface area contributed by atoms with Crippen LogP contribution in [0.3, 0.4) is 0 Å². The first-order chi connectivity index (χ1) is 18.4. The van der Waals surface area contributed by atoms with Crippen LogP contribution in [0.25, 0.3) is 22.3 Å². The van der Waals surface area contributed by atoms with Crippen molar-refractivity contribution < 1.29 is 14.7 Å². The smallest absolute Gasteiger partial charge is 0.303 e. The molecule has 0 aliphatic heterocycles. The number of aliphatic carboxylic acids is 1. The summed E-state index contributed by atoms with van der Waals surface area (Å²) >= 11 is 12.3. The van der Waals surface area contributed by atoms with Crippen LogP contribution in [0.15, 0.2) is 60.7 Å². The van der Waals surface area contributed by atoms with Gasteiger partial charge in [0.2, 0.25) is 0 Å². The number of aryl methyl sites for hydroxylation is 2. The summed E-state index contributed by atoms with van der Waals surface area (Å²) in [7, 11) is 0. The van der Waals surface area contributed by atoms with E-state index in [1.165, 1.54) is 5.56 Å². The van der Waals surface area contributed by atoms with Gasteiger partial charge in [0.1, 0.15) is 0 Å². The third-order valence-electron chi connectivity index (χ3n) is 6.90. The van der Waals surface area contributed by atoms with Gasteiger partial charge in [-0.25, -0.2) is 9.97 Å². The van der Waals surface area contributed by atoms with E-state index in [0.717, 1.165) is 41.8 Å². The van der Waals surface area contributed by atoms with Crippen molar-refractivity contribution in [2.45, 2.75) is 51.0 Å². The van der Waals surface area contributed by atoms with E-state index in [1.807, 2.05) is 48.5 Å². The SMILES string of the molecule is O=C(O)CCCCc1nc2cc(C(=O)N[C@@H]3CCCc4cc(Cl)ccc43)ccc2nc1-c1ccc(Cl)cc1. The first-order valence-corrected chi connectivity index (χ1v) is 13.5. The Hall–Kier alpha value is -3.48. The fraction of sp³-hybridized carbons (Fsp3) is 0.267. The highest BCUT2D eigenvalue weighted by atomic mass is 35.5. The van der Waals surface area contributed by atoms with Crippen LogP contribution < -0.4 is 5.32 Å². The van der Waals surface area contributed by atoms with Crippen LogP contribution in [-0.2, 0) is 17.6 Å². The lowest BCUT2D eigenvalue weighted by molar-refractivity contribution is -0.137. The number of carbonyl (C=O) groups is 2. The van der Waals surface area contributed by atoms with Crippen LogP contribution >= 0.6 is 23.2 Å². The van der Waals surface area contributed by atoms with Crippen LogP contribution in [-0.4, -0.2) is 27.0 Å². The summed E-state index contributed by atoms with van der Waals surface area (Å²) in [6.45, 7) is 0. The quantitative estimate of drug-likeness (QED) is 0.227. The molecule has 0 saturated carbocycles. The van der Waals surface area contributed by atoms with E-state index < -0.39 is 5.97 Å². The van der Waals surface area contributed by atoms with Crippen molar-refractivity contribution in [1.29, 1.82) is 0 Å². The Bertz CT molecular complexity index is 1510. The number of carbonyl (C=O) groups excluding carboxylic acids is 1. The molecule has 8 heteroatoms. The monoisotopic (exact) mass is 547 g/mol. The number of carboxylic acids is 1. The Balaban J connectivity index is 1.43. The molecule has 1 aliphatic carbocycles. The van der Waals surface area contributed by atoms with Gasteiger partial charge in [-0.3, -0.25) is 9.59 Å². The van der Waals surface area contributed by atoms with Gasteiger partial charge in [-0.15, -0.1) is 0 Å². The molecule has 5 rings (SSSR count). The maximum absolute atomic E-state index is 13.3. The second-order valence-corrected chi connectivity index (χ2v) is 10.5. The van der Waals surface area contributed by atoms with Gasteiger partial charge in [-0.1, -0.05) is 41.4 Å². The van der Waals surface area contributed by atoms with Gasteiger partial charge in [0, 0.05) is 27.6 Å². The predicted molar refractivity (Wildman–Crippen MR) is 150 cm³/mol. The number of hydrogen-bond acceptors (Lipinski definition) is 4. The van der Waals surface area contributed by atoms with Crippen molar-refractivity contribution in [3.8, 4) is 11.3 Å². The largest absolute Gasteiger partial charge is 0.481 e. The van der Waals surface area contributed by atoms with Gasteiger partial charge < -0.3 is 10.4 Å². The zero-order chi connectivity index (χ0) is 26.6. The van der Waals surface area contributed by atoms with Crippen molar-refractivity contribution in [1.82, 2.24) is 15.3 Å². The van der Waals surface area contributed by atoms with Crippen molar-refractivity contribution in [3.63, 3.8) is 0 Å². The molecule has 194 valence electrons. The van der Waals surface area contributed by atoms with Gasteiger partial charge in [0.15, 0.2) is 0 Å². The van der Waals surface area contributed by atoms with E-state index in [4.69, 9.17) is 38.3 Å². The second-order valence-electron chi connectivity index (χ2n) is 9.59. The molecule has 0 fully saturated rings. The van der Waals surface area contributed by atoms with E-state index in [9.17, 15) is 9.59 Å². The molecule has 0 saturated heterocycles. The first kappa shape index (κ1) is 26.1. The highest BCUT2D eigenvalue weighted by Gasteiger charge is 2.23. The lowest BCUT2D eigenvalue weighted by Crippen LogP contribution is -2.31. The van der Waals surface area contributed by atoms with Crippen LogP contribution in [0.1, 0.15) is 65.3 Å². The van der Waals surface area contributed by atoms with Crippen LogP contribution in [0.5, 0.6) is 0 Å². The maximum Gasteiger partial charge on any atom is 0.303 e. The van der Waals surface area contributed by atoms with E-state index in [2.05, 4.69) is 5.32 Å². The summed E-state index contributed by atoms with van der Waals surface area (Å²) < 4.78 is 0. The molecule has 0 radical (unpaired) electrons. The Morgan fingerprint density at radius 2 is 1.71 bits per heavy atom. The molecule has 6 nitrogen and oxygen atoms in total. The molecule has 0 unspecified atom stereocenters. The first-order valence-electron chi connectivity index (χ1n) is 12.7. The summed E-state index contributed by atoms with van der Waals surface area (Å²) in [5.74, 6) is -0.974. The Labute approximate surface area is 231 Å². The molecule has 3 aromatic carbocycles. The molecular formula is C30H27Cl2N3O3. The van der Waals surface area contributed by atoms with Crippen LogP contribution in [0, 0.1) is 0 Å². The van der Waals surface area contributed by atoms with Gasteiger partial charge >= 0.3 is 5.97 Å². The molecule has 1 aromatic heterocycles. The Morgan fingerprint density at radius 3 is 2.50 bits per heavy atom. The molecule has 0 spiro atoms. The number of halogens is 2. The number of rotatable bonds is 8. The number of carboxylic acid groups (broad SMARTS) is 1. The molecule has 2 N–H and O–H groups in total. The number of aromatic nitrogens is 2. The molecule has 1 atom stereocenters. The minimum absolute atomic E-state index is 0.0672. The predicted octanol–water partition coefficient (Wildman–Crippen LogP) is 7.21. The number of nitrogens with one attached hydrogen (secondary N) is 1. The molecule has 0 bridgehead atoms. The topological polar surface area (TPSA) is 92.2 Å². The minimum Gasteiger partial charge on any atom is -0.481 e. The van der Waals surface area contributed by atoms with Crippen LogP contribution in [0.4, 0.5) is 0 Å². The third-order valence-corrected chi connectivity index (χ3v) is 7.38. The van der Waals surface area contributed by atoms with E-state index in [0.29, 0.717) is 45.9 Å². The Morgan fingerprint density at radius 1 is 0.921 bits per heavy atom. The molecule has 1 aliphatic rings. The number of nitrogens with zero attached hydrogens (tertiary/aromatic N) is 2. The number of unbranched alkanes of at least 4 members (excludes halogenated alkanes) is 1. The minimum atomic E-state index is -0.813. The summed E-state index contributed by atoms with van der Waals surface area (Å²) in [5, 5.41) is 13.5. The fourth-order valence-electron chi connectivity index (χ4n) is 4.99. The fourth-order valence-corrected chi connectivity index (χ4v) is 5.31. The van der Waals surface area contributed by atoms with Crippen molar-refractivity contribution >= 4 is 46.1 Å². The van der Waals surface area contributed by atoms with Gasteiger partial charge in [-0.2, -0.15) is 0 Å². The van der Waals surface area contributed by atoms with Crippen molar-refractivity contribution in [2.24, 2.45) is 0 Å². The average Bonchev–Trinajstić information content (AvgIpc) is 2.90. The molecule has 1 amide bonds. The van der Waals surface area contributed by atoms with E-state index in [-0.39, 0.29) is 18.4 Å². The second kappa shape index (κ2) is 11.5. The highest BCUT2D eigenvalue weighted by Crippen LogP contribution is 2.32. The standard InChI is InChI=1S/C30H27Cl2N3O3/c31-21-11-8-18(9-12-21)29-26(5-1-2-7-28(36)37)33-27-17-20(10-15-25(27)34-29)30(38)35-24-6-3-4-19-16-22(32)13-14-23(19)24/h8-17,24H,1-7H2,(H,35,38)(H,36,37)/t24-/m1/s1. The van der Waals surface area contributed by atoms with Gasteiger partial charge in [0.05, 0.1) is 28.5 Å². The summed E-state index contributed by atoms with van der Waals surface area (Å²) in [6, 6.07) is 18.6. The summed E-state index contributed by atoms with van der Waals surface area (Å²) in [6.07, 6.45) is 4.71. The van der Waals surface area contributed by atoms with E-state index in [1.54, 1.807) is 12.1 Å². The third kappa shape index (κ3) is 5.98. The lowest BCUT2D eigenvalue weighted by atomic mass is 9.87. The maximum atomic E-state index is 13.3. The summed E-state index contributed by atoms with van der Waals surface area (Å²) in [4.78, 5) is 34.0. The highest BCUT2D eigenvalue weighted by molar-refractivity contribution is 6.31. The molecular weight excluding hydrogens is 521 g/mol. The number of fused-ring (bicyclic) bond motifs is 2. The zero-order valence-corrected chi connectivity index (χ0v) is 22.2. The van der Waals surface area contributed by atoms with Gasteiger partial charge in [-0.05, 0) is 92.1 Å². The number of hydrogen-bond donors (Lipinski definition) is 2. The van der Waals surface area contributed by atoms with Crippen LogP contribution in [0.2, 0.25) is 10.0 Å². The summed E-state index contributed by atoms with van der Waals surface area (Å²) in [5.41, 5.74) is 6.50. The molecule has 38 heavy (non-hydrogen) atoms.